The van der Waals surface area contributed by atoms with Crippen molar-refractivity contribution in [3.63, 3.8) is 0 Å². The zero-order chi connectivity index (χ0) is 9.80. The monoisotopic (exact) mass is 197 g/mol. The number of nitrogens with zero attached hydrogens (tertiary/aromatic N) is 1. The van der Waals surface area contributed by atoms with Crippen molar-refractivity contribution in [2.24, 2.45) is 0 Å². The van der Waals surface area contributed by atoms with Crippen LogP contribution < -0.4 is 10.6 Å². The lowest BCUT2D eigenvalue weighted by Gasteiger charge is -2.39. The molecule has 0 aromatic carbocycles. The standard InChI is InChI=1S/C11H23N3/c1-10(11-4-2-3-5-13-11)14-8-6-12-7-9-14/h10-13H,2-9H2,1H3/t10-,11-/m1/s1. The van der Waals surface area contributed by atoms with Crippen LogP contribution in [0.5, 0.6) is 0 Å². The average Bonchev–Trinajstić information content (AvgIpc) is 2.30. The largest absolute Gasteiger partial charge is 0.314 e. The predicted octanol–water partition coefficient (Wildman–Crippen LogP) is 0.422. The zero-order valence-electron chi connectivity index (χ0n) is 9.26. The van der Waals surface area contributed by atoms with Crippen LogP contribution >= 0.6 is 0 Å². The minimum atomic E-state index is 0.720. The van der Waals surface area contributed by atoms with Crippen LogP contribution in [0.2, 0.25) is 0 Å². The SMILES string of the molecule is C[C@H]([C@H]1CCCCN1)N1CCNCC1. The van der Waals surface area contributed by atoms with E-state index in [1.807, 2.05) is 0 Å². The van der Waals surface area contributed by atoms with Gasteiger partial charge in [0.05, 0.1) is 0 Å². The Balaban J connectivity index is 1.82. The van der Waals surface area contributed by atoms with Crippen molar-refractivity contribution in [3.8, 4) is 0 Å². The van der Waals surface area contributed by atoms with Gasteiger partial charge in [-0.3, -0.25) is 4.90 Å². The number of hydrogen-bond donors (Lipinski definition) is 2. The molecule has 2 aliphatic rings. The maximum Gasteiger partial charge on any atom is 0.0222 e. The Morgan fingerprint density at radius 1 is 1.14 bits per heavy atom. The van der Waals surface area contributed by atoms with E-state index >= 15 is 0 Å². The van der Waals surface area contributed by atoms with Gasteiger partial charge in [-0.1, -0.05) is 6.42 Å². The summed E-state index contributed by atoms with van der Waals surface area (Å²) in [5.41, 5.74) is 0. The number of hydrogen-bond acceptors (Lipinski definition) is 3. The molecule has 3 heteroatoms. The van der Waals surface area contributed by atoms with Crippen molar-refractivity contribution >= 4 is 0 Å². The minimum Gasteiger partial charge on any atom is -0.314 e. The Kier molecular flexibility index (Phi) is 3.79. The average molecular weight is 197 g/mol. The summed E-state index contributed by atoms with van der Waals surface area (Å²) in [4.78, 5) is 2.62. The van der Waals surface area contributed by atoms with Gasteiger partial charge in [0.1, 0.15) is 0 Å². The van der Waals surface area contributed by atoms with Crippen LogP contribution in [-0.4, -0.2) is 49.7 Å². The van der Waals surface area contributed by atoms with Crippen molar-refractivity contribution in [3.05, 3.63) is 0 Å². The highest BCUT2D eigenvalue weighted by atomic mass is 15.2. The second-order valence-electron chi connectivity index (χ2n) is 4.58. The first-order valence-electron chi connectivity index (χ1n) is 6.06. The van der Waals surface area contributed by atoms with Gasteiger partial charge in [0.2, 0.25) is 0 Å². The first kappa shape index (κ1) is 10.4. The molecule has 0 unspecified atom stereocenters. The molecule has 14 heavy (non-hydrogen) atoms. The molecule has 0 aromatic heterocycles. The number of piperazine rings is 1. The second kappa shape index (κ2) is 5.10. The van der Waals surface area contributed by atoms with E-state index in [4.69, 9.17) is 0 Å². The smallest absolute Gasteiger partial charge is 0.0222 e. The Morgan fingerprint density at radius 2 is 1.93 bits per heavy atom. The highest BCUT2D eigenvalue weighted by Crippen LogP contribution is 2.14. The summed E-state index contributed by atoms with van der Waals surface area (Å²) in [5, 5.41) is 7.06. The number of nitrogens with one attached hydrogen (secondary N) is 2. The predicted molar refractivity (Wildman–Crippen MR) is 59.5 cm³/mol. The lowest BCUT2D eigenvalue weighted by Crippen LogP contribution is -2.55. The molecule has 2 rings (SSSR count). The van der Waals surface area contributed by atoms with Gasteiger partial charge in [-0.2, -0.15) is 0 Å². The maximum absolute atomic E-state index is 3.65. The summed E-state index contributed by atoms with van der Waals surface area (Å²) in [6.07, 6.45) is 4.14. The van der Waals surface area contributed by atoms with Crippen molar-refractivity contribution in [2.75, 3.05) is 32.7 Å². The summed E-state index contributed by atoms with van der Waals surface area (Å²) in [7, 11) is 0. The van der Waals surface area contributed by atoms with Gasteiger partial charge in [-0.15, -0.1) is 0 Å². The number of rotatable bonds is 2. The zero-order valence-corrected chi connectivity index (χ0v) is 9.26. The lowest BCUT2D eigenvalue weighted by molar-refractivity contribution is 0.138. The first-order chi connectivity index (χ1) is 6.88. The summed E-state index contributed by atoms with van der Waals surface area (Å²) in [6, 6.07) is 1.46. The van der Waals surface area contributed by atoms with E-state index in [9.17, 15) is 0 Å². The molecule has 0 aromatic rings. The Bertz CT molecular complexity index is 142. The van der Waals surface area contributed by atoms with Crippen LogP contribution in [0.1, 0.15) is 26.2 Å². The molecule has 0 bridgehead atoms. The molecule has 0 aliphatic carbocycles. The summed E-state index contributed by atoms with van der Waals surface area (Å²) in [5.74, 6) is 0. The Labute approximate surface area is 87.2 Å². The van der Waals surface area contributed by atoms with Crippen LogP contribution in [-0.2, 0) is 0 Å². The third-order valence-corrected chi connectivity index (χ3v) is 3.66. The Hall–Kier alpha value is -0.120. The molecule has 3 nitrogen and oxygen atoms in total. The molecule has 2 heterocycles. The highest BCUT2D eigenvalue weighted by Gasteiger charge is 2.25. The molecular formula is C11H23N3. The van der Waals surface area contributed by atoms with E-state index in [-0.39, 0.29) is 0 Å². The van der Waals surface area contributed by atoms with Gasteiger partial charge < -0.3 is 10.6 Å². The van der Waals surface area contributed by atoms with E-state index in [2.05, 4.69) is 22.5 Å². The molecule has 2 atom stereocenters. The van der Waals surface area contributed by atoms with E-state index in [0.29, 0.717) is 0 Å². The van der Waals surface area contributed by atoms with Crippen molar-refractivity contribution in [1.82, 2.24) is 15.5 Å². The fraction of sp³-hybridized carbons (Fsp3) is 1.00. The molecular weight excluding hydrogens is 174 g/mol. The van der Waals surface area contributed by atoms with Gasteiger partial charge in [0.25, 0.3) is 0 Å². The minimum absolute atomic E-state index is 0.720. The van der Waals surface area contributed by atoms with Gasteiger partial charge in [-0.25, -0.2) is 0 Å². The van der Waals surface area contributed by atoms with Crippen molar-refractivity contribution in [2.45, 2.75) is 38.3 Å². The van der Waals surface area contributed by atoms with Crippen LogP contribution in [0.4, 0.5) is 0 Å². The highest BCUT2D eigenvalue weighted by molar-refractivity contribution is 4.85. The molecule has 0 radical (unpaired) electrons. The van der Waals surface area contributed by atoms with Crippen LogP contribution in [0.3, 0.4) is 0 Å². The van der Waals surface area contributed by atoms with Gasteiger partial charge in [0.15, 0.2) is 0 Å². The fourth-order valence-corrected chi connectivity index (χ4v) is 2.63. The molecule has 0 amide bonds. The topological polar surface area (TPSA) is 27.3 Å². The van der Waals surface area contributed by atoms with E-state index < -0.39 is 0 Å². The van der Waals surface area contributed by atoms with E-state index in [1.54, 1.807) is 0 Å². The maximum atomic E-state index is 3.65. The van der Waals surface area contributed by atoms with Gasteiger partial charge in [-0.05, 0) is 26.3 Å². The molecule has 2 fully saturated rings. The van der Waals surface area contributed by atoms with E-state index in [0.717, 1.165) is 25.2 Å². The first-order valence-corrected chi connectivity index (χ1v) is 6.06. The summed E-state index contributed by atoms with van der Waals surface area (Å²) in [6.45, 7) is 8.38. The molecule has 2 saturated heterocycles. The summed E-state index contributed by atoms with van der Waals surface area (Å²) < 4.78 is 0. The lowest BCUT2D eigenvalue weighted by atomic mass is 9.97. The second-order valence-corrected chi connectivity index (χ2v) is 4.58. The molecule has 82 valence electrons. The third kappa shape index (κ3) is 2.47. The molecule has 2 aliphatic heterocycles. The normalized spacial score (nSPS) is 32.8. The van der Waals surface area contributed by atoms with Gasteiger partial charge in [0, 0.05) is 38.3 Å². The third-order valence-electron chi connectivity index (χ3n) is 3.66. The molecule has 0 spiro atoms. The van der Waals surface area contributed by atoms with Crippen LogP contribution in [0, 0.1) is 0 Å². The number of piperidine rings is 1. The summed E-state index contributed by atoms with van der Waals surface area (Å²) >= 11 is 0. The molecule has 2 N–H and O–H groups in total. The van der Waals surface area contributed by atoms with Crippen molar-refractivity contribution < 1.29 is 0 Å². The quantitative estimate of drug-likeness (QED) is 0.672. The van der Waals surface area contributed by atoms with Gasteiger partial charge >= 0.3 is 0 Å². The molecule has 0 saturated carbocycles. The fourth-order valence-electron chi connectivity index (χ4n) is 2.63. The van der Waals surface area contributed by atoms with Crippen molar-refractivity contribution in [1.29, 1.82) is 0 Å². The Morgan fingerprint density at radius 3 is 2.57 bits per heavy atom. The van der Waals surface area contributed by atoms with Crippen LogP contribution in [0.15, 0.2) is 0 Å². The van der Waals surface area contributed by atoms with E-state index in [1.165, 1.54) is 38.9 Å². The van der Waals surface area contributed by atoms with Crippen LogP contribution in [0.25, 0.3) is 0 Å².